The van der Waals surface area contributed by atoms with E-state index in [2.05, 4.69) is 5.92 Å². The number of fused-ring (bicyclic) bond motifs is 1. The molecule has 2 aliphatic rings. The molecule has 0 radical (unpaired) electrons. The zero-order valence-corrected chi connectivity index (χ0v) is 13.2. The Labute approximate surface area is 126 Å². The molecule has 2 saturated heterocycles. The lowest BCUT2D eigenvalue weighted by molar-refractivity contribution is -0.159. The molecule has 0 aromatic heterocycles. The molecule has 122 valence electrons. The first-order chi connectivity index (χ1) is 9.62. The van der Waals surface area contributed by atoms with Crippen molar-refractivity contribution >= 4 is 0 Å². The number of ether oxygens (including phenoxy) is 4. The van der Waals surface area contributed by atoms with Crippen LogP contribution in [0.1, 0.15) is 34.1 Å². The van der Waals surface area contributed by atoms with E-state index >= 15 is 0 Å². The van der Waals surface area contributed by atoms with Crippen molar-refractivity contribution in [2.24, 2.45) is 0 Å². The van der Waals surface area contributed by atoms with Gasteiger partial charge in [0.05, 0.1) is 12.7 Å². The van der Waals surface area contributed by atoms with Crippen molar-refractivity contribution in [2.75, 3.05) is 19.8 Å². The third kappa shape index (κ3) is 7.23. The summed E-state index contributed by atoms with van der Waals surface area (Å²) < 4.78 is 22.5. The Morgan fingerprint density at radius 2 is 1.95 bits per heavy atom. The summed E-state index contributed by atoms with van der Waals surface area (Å²) in [6, 6.07) is 0. The molecule has 6 nitrogen and oxygen atoms in total. The smallest absolute Gasteiger partial charge is 0.163 e. The van der Waals surface area contributed by atoms with Crippen molar-refractivity contribution in [1.82, 2.24) is 0 Å². The van der Waals surface area contributed by atoms with Gasteiger partial charge in [-0.25, -0.2) is 0 Å². The summed E-state index contributed by atoms with van der Waals surface area (Å²) in [5.74, 6) is 0.413. The van der Waals surface area contributed by atoms with Crippen LogP contribution in [0.2, 0.25) is 0 Å². The first-order valence-corrected chi connectivity index (χ1v) is 7.05. The Balaban J connectivity index is 0.000000383. The van der Waals surface area contributed by atoms with Crippen LogP contribution in [0.3, 0.4) is 0 Å². The molecule has 2 N–H and O–H groups in total. The van der Waals surface area contributed by atoms with E-state index in [1.54, 1.807) is 0 Å². The van der Waals surface area contributed by atoms with E-state index in [9.17, 15) is 0 Å². The number of hydrogen-bond acceptors (Lipinski definition) is 6. The quantitative estimate of drug-likeness (QED) is 0.453. The van der Waals surface area contributed by atoms with Crippen molar-refractivity contribution in [1.29, 1.82) is 0 Å². The van der Waals surface area contributed by atoms with Crippen LogP contribution < -0.4 is 0 Å². The van der Waals surface area contributed by atoms with Crippen LogP contribution in [-0.2, 0) is 18.9 Å². The number of rotatable bonds is 3. The van der Waals surface area contributed by atoms with E-state index in [1.807, 2.05) is 13.8 Å². The Morgan fingerprint density at radius 3 is 2.52 bits per heavy atom. The van der Waals surface area contributed by atoms with Gasteiger partial charge in [0.1, 0.15) is 18.8 Å². The summed E-state index contributed by atoms with van der Waals surface area (Å²) in [4.78, 5) is 0. The van der Waals surface area contributed by atoms with E-state index in [1.165, 1.54) is 13.8 Å². The standard InChI is InChI=1S/C12H18O4.C3H8O2/c1-4-6-13-8-10-11-9(5-7-14-10)15-12(2,3)16-11;1-3(2,4)5/h1,9-11H,5-8H2,2-3H3;4-5H,1-2H3/t9?,10-,11?;/m1./s1. The van der Waals surface area contributed by atoms with Gasteiger partial charge in [-0.15, -0.1) is 6.42 Å². The molecular formula is C15H26O6. The van der Waals surface area contributed by atoms with Crippen molar-refractivity contribution < 1.29 is 29.2 Å². The molecule has 3 atom stereocenters. The summed E-state index contributed by atoms with van der Waals surface area (Å²) in [7, 11) is 0. The number of terminal acetylenes is 1. The monoisotopic (exact) mass is 302 g/mol. The van der Waals surface area contributed by atoms with Crippen LogP contribution in [0.15, 0.2) is 0 Å². The zero-order chi connectivity index (χ0) is 16.1. The van der Waals surface area contributed by atoms with Gasteiger partial charge >= 0.3 is 0 Å². The summed E-state index contributed by atoms with van der Waals surface area (Å²) in [5, 5.41) is 16.2. The summed E-state index contributed by atoms with van der Waals surface area (Å²) >= 11 is 0. The summed E-state index contributed by atoms with van der Waals surface area (Å²) in [5.41, 5.74) is 0. The van der Waals surface area contributed by atoms with Crippen molar-refractivity contribution in [3.63, 3.8) is 0 Å². The zero-order valence-electron chi connectivity index (χ0n) is 13.2. The largest absolute Gasteiger partial charge is 0.373 e. The lowest BCUT2D eigenvalue weighted by Crippen LogP contribution is -2.45. The molecule has 0 aliphatic carbocycles. The molecule has 0 aromatic rings. The van der Waals surface area contributed by atoms with Gasteiger partial charge in [-0.3, -0.25) is 0 Å². The molecule has 2 unspecified atom stereocenters. The summed E-state index contributed by atoms with van der Waals surface area (Å²) in [6.45, 7) is 7.90. The fraction of sp³-hybridized carbons (Fsp3) is 0.867. The molecule has 2 fully saturated rings. The molecule has 0 bridgehead atoms. The van der Waals surface area contributed by atoms with E-state index in [4.69, 9.17) is 35.6 Å². The maximum atomic E-state index is 8.08. The van der Waals surface area contributed by atoms with Crippen molar-refractivity contribution in [3.05, 3.63) is 0 Å². The maximum absolute atomic E-state index is 8.08. The minimum Gasteiger partial charge on any atom is -0.373 e. The van der Waals surface area contributed by atoms with Gasteiger partial charge in [0.25, 0.3) is 0 Å². The van der Waals surface area contributed by atoms with E-state index in [0.29, 0.717) is 19.8 Å². The lowest BCUT2D eigenvalue weighted by atomic mass is 10.0. The van der Waals surface area contributed by atoms with Crippen molar-refractivity contribution in [3.8, 4) is 12.3 Å². The van der Waals surface area contributed by atoms with Crippen LogP contribution in [0.4, 0.5) is 0 Å². The minimum atomic E-state index is -1.50. The van der Waals surface area contributed by atoms with E-state index in [-0.39, 0.29) is 18.3 Å². The van der Waals surface area contributed by atoms with Gasteiger partial charge in [-0.1, -0.05) is 5.92 Å². The average Bonchev–Trinajstić information content (AvgIpc) is 2.62. The number of aliphatic hydroxyl groups is 2. The molecule has 0 amide bonds. The van der Waals surface area contributed by atoms with Gasteiger partial charge in [0, 0.05) is 6.61 Å². The first kappa shape index (κ1) is 18.4. The van der Waals surface area contributed by atoms with Gasteiger partial charge in [-0.05, 0) is 34.1 Å². The second-order valence-electron chi connectivity index (χ2n) is 6.05. The Morgan fingerprint density at radius 1 is 1.33 bits per heavy atom. The molecular weight excluding hydrogens is 276 g/mol. The Hall–Kier alpha value is -0.680. The molecule has 2 aliphatic heterocycles. The first-order valence-electron chi connectivity index (χ1n) is 7.05. The molecule has 0 aromatic carbocycles. The SMILES string of the molecule is C#CCOC[C@H]1OCCC2OC(C)(C)OC21.CC(C)(O)O. The topological polar surface area (TPSA) is 77.4 Å². The van der Waals surface area contributed by atoms with E-state index < -0.39 is 11.6 Å². The van der Waals surface area contributed by atoms with Crippen LogP contribution >= 0.6 is 0 Å². The van der Waals surface area contributed by atoms with Crippen LogP contribution in [0.5, 0.6) is 0 Å². The van der Waals surface area contributed by atoms with Gasteiger partial charge in [0.2, 0.25) is 0 Å². The third-order valence-electron chi connectivity index (χ3n) is 2.79. The molecule has 6 heteroatoms. The van der Waals surface area contributed by atoms with Crippen LogP contribution in [-0.4, -0.2) is 59.9 Å². The number of hydrogen-bond donors (Lipinski definition) is 2. The normalized spacial score (nSPS) is 30.8. The average molecular weight is 302 g/mol. The maximum Gasteiger partial charge on any atom is 0.163 e. The predicted molar refractivity (Wildman–Crippen MR) is 76.4 cm³/mol. The predicted octanol–water partition coefficient (Wildman–Crippen LogP) is 0.652. The highest BCUT2D eigenvalue weighted by Crippen LogP contribution is 2.35. The minimum absolute atomic E-state index is 0.0403. The van der Waals surface area contributed by atoms with Crippen molar-refractivity contribution in [2.45, 2.75) is 64.0 Å². The second-order valence-corrected chi connectivity index (χ2v) is 6.05. The van der Waals surface area contributed by atoms with Gasteiger partial charge < -0.3 is 29.2 Å². The molecule has 2 rings (SSSR count). The highest BCUT2D eigenvalue weighted by Gasteiger charge is 2.47. The van der Waals surface area contributed by atoms with Crippen LogP contribution in [0.25, 0.3) is 0 Å². The second kappa shape index (κ2) is 7.54. The summed E-state index contributed by atoms with van der Waals surface area (Å²) in [6.07, 6.45) is 6.00. The molecule has 0 saturated carbocycles. The van der Waals surface area contributed by atoms with Crippen LogP contribution in [0, 0.1) is 12.3 Å². The highest BCUT2D eigenvalue weighted by molar-refractivity contribution is 4.91. The van der Waals surface area contributed by atoms with Gasteiger partial charge in [-0.2, -0.15) is 0 Å². The molecule has 2 heterocycles. The molecule has 21 heavy (non-hydrogen) atoms. The lowest BCUT2D eigenvalue weighted by Gasteiger charge is -2.31. The Kier molecular flexibility index (Phi) is 6.60. The fourth-order valence-corrected chi connectivity index (χ4v) is 2.21. The third-order valence-corrected chi connectivity index (χ3v) is 2.79. The molecule has 0 spiro atoms. The fourth-order valence-electron chi connectivity index (χ4n) is 2.21. The Bertz CT molecular complexity index is 348. The van der Waals surface area contributed by atoms with Gasteiger partial charge in [0.15, 0.2) is 11.6 Å². The highest BCUT2D eigenvalue weighted by atomic mass is 16.8. The van der Waals surface area contributed by atoms with E-state index in [0.717, 1.165) is 6.42 Å².